The zero-order chi connectivity index (χ0) is 18.6. The van der Waals surface area contributed by atoms with Crippen molar-refractivity contribution in [1.29, 1.82) is 0 Å². The van der Waals surface area contributed by atoms with Crippen LogP contribution in [-0.2, 0) is 15.8 Å². The third-order valence-corrected chi connectivity index (χ3v) is 6.22. The van der Waals surface area contributed by atoms with E-state index < -0.39 is 10.0 Å². The fourth-order valence-electron chi connectivity index (χ4n) is 3.29. The molecule has 1 aliphatic heterocycles. The maximum Gasteiger partial charge on any atom is 0.215 e. The van der Waals surface area contributed by atoms with Gasteiger partial charge in [-0.2, -0.15) is 0 Å². The van der Waals surface area contributed by atoms with Crippen molar-refractivity contribution >= 4 is 10.0 Å². The largest absolute Gasteiger partial charge is 0.468 e. The fraction of sp³-hybridized carbons (Fsp3) is 0.474. The van der Waals surface area contributed by atoms with E-state index in [2.05, 4.69) is 16.5 Å². The third-order valence-electron chi connectivity index (χ3n) is 4.90. The number of likely N-dealkylation sites (tertiary alicyclic amines) is 1. The highest BCUT2D eigenvalue weighted by molar-refractivity contribution is 7.88. The lowest BCUT2D eigenvalue weighted by Gasteiger charge is -2.35. The molecule has 7 heteroatoms. The molecule has 1 saturated heterocycles. The van der Waals surface area contributed by atoms with Crippen LogP contribution in [0.4, 0.5) is 4.39 Å². The SMILES string of the molecule is CC1CCN(C(CNS(=O)(=O)Cc2ccc(F)cc2)c2ccco2)CC1. The molecule has 3 rings (SSSR count). The molecule has 1 aromatic heterocycles. The van der Waals surface area contributed by atoms with Crippen molar-refractivity contribution in [3.05, 3.63) is 59.8 Å². The Morgan fingerprint density at radius 3 is 2.54 bits per heavy atom. The molecule has 2 aromatic rings. The summed E-state index contributed by atoms with van der Waals surface area (Å²) in [6, 6.07) is 9.10. The van der Waals surface area contributed by atoms with Crippen LogP contribution < -0.4 is 4.72 Å². The van der Waals surface area contributed by atoms with Gasteiger partial charge in [-0.25, -0.2) is 17.5 Å². The first-order valence-corrected chi connectivity index (χ1v) is 10.6. The quantitative estimate of drug-likeness (QED) is 0.800. The average Bonchev–Trinajstić information content (AvgIpc) is 3.13. The molecular weight excluding hydrogens is 355 g/mol. The zero-order valence-corrected chi connectivity index (χ0v) is 15.7. The van der Waals surface area contributed by atoms with E-state index in [1.807, 2.05) is 12.1 Å². The minimum atomic E-state index is -3.52. The predicted octanol–water partition coefficient (Wildman–Crippen LogP) is 3.31. The predicted molar refractivity (Wildman–Crippen MR) is 98.4 cm³/mol. The second-order valence-corrected chi connectivity index (χ2v) is 8.79. The molecule has 1 unspecified atom stereocenters. The average molecular weight is 380 g/mol. The summed E-state index contributed by atoms with van der Waals surface area (Å²) in [5, 5.41) is 0. The molecule has 1 aliphatic rings. The van der Waals surface area contributed by atoms with Crippen LogP contribution >= 0.6 is 0 Å². The van der Waals surface area contributed by atoms with Crippen molar-refractivity contribution in [3.63, 3.8) is 0 Å². The number of benzene rings is 1. The Morgan fingerprint density at radius 2 is 1.92 bits per heavy atom. The molecule has 0 saturated carbocycles. The summed E-state index contributed by atoms with van der Waals surface area (Å²) in [4.78, 5) is 2.28. The zero-order valence-electron chi connectivity index (χ0n) is 14.9. The van der Waals surface area contributed by atoms with Gasteiger partial charge in [0.05, 0.1) is 18.1 Å². The molecule has 1 N–H and O–H groups in total. The van der Waals surface area contributed by atoms with Gasteiger partial charge >= 0.3 is 0 Å². The van der Waals surface area contributed by atoms with E-state index in [0.29, 0.717) is 11.5 Å². The number of halogens is 1. The second kappa shape index (κ2) is 8.33. The summed E-state index contributed by atoms with van der Waals surface area (Å²) in [6.45, 7) is 4.34. The summed E-state index contributed by atoms with van der Waals surface area (Å²) in [5.41, 5.74) is 0.556. The van der Waals surface area contributed by atoms with Gasteiger partial charge in [0.15, 0.2) is 0 Å². The van der Waals surface area contributed by atoms with Crippen LogP contribution in [0.5, 0.6) is 0 Å². The lowest BCUT2D eigenvalue weighted by molar-refractivity contribution is 0.125. The monoisotopic (exact) mass is 380 g/mol. The Bertz CT molecular complexity index is 783. The minimum Gasteiger partial charge on any atom is -0.468 e. The number of sulfonamides is 1. The van der Waals surface area contributed by atoms with Gasteiger partial charge in [-0.1, -0.05) is 19.1 Å². The van der Waals surface area contributed by atoms with Crippen molar-refractivity contribution in [2.75, 3.05) is 19.6 Å². The molecule has 5 nitrogen and oxygen atoms in total. The highest BCUT2D eigenvalue weighted by atomic mass is 32.2. The smallest absolute Gasteiger partial charge is 0.215 e. The molecule has 0 radical (unpaired) electrons. The first-order chi connectivity index (χ1) is 12.4. The van der Waals surface area contributed by atoms with Crippen LogP contribution in [0.1, 0.15) is 37.1 Å². The van der Waals surface area contributed by atoms with E-state index in [0.717, 1.165) is 31.7 Å². The molecule has 1 atom stereocenters. The van der Waals surface area contributed by atoms with Crippen LogP contribution in [0.15, 0.2) is 47.1 Å². The first-order valence-electron chi connectivity index (χ1n) is 8.92. The first kappa shape index (κ1) is 19.1. The number of piperidine rings is 1. The number of hydrogen-bond acceptors (Lipinski definition) is 4. The van der Waals surface area contributed by atoms with Gasteiger partial charge < -0.3 is 4.42 Å². The maximum atomic E-state index is 13.0. The Kier molecular flexibility index (Phi) is 6.11. The highest BCUT2D eigenvalue weighted by Gasteiger charge is 2.27. The summed E-state index contributed by atoms with van der Waals surface area (Å²) in [5.74, 6) is 0.911. The molecule has 2 heterocycles. The van der Waals surface area contributed by atoms with Crippen LogP contribution in [0.2, 0.25) is 0 Å². The Hall–Kier alpha value is -1.70. The van der Waals surface area contributed by atoms with Gasteiger partial charge in [0.25, 0.3) is 0 Å². The lowest BCUT2D eigenvalue weighted by Crippen LogP contribution is -2.42. The third kappa shape index (κ3) is 5.16. The number of nitrogens with one attached hydrogen (secondary N) is 1. The van der Waals surface area contributed by atoms with E-state index in [1.54, 1.807) is 6.26 Å². The molecular formula is C19H25FN2O3S. The number of hydrogen-bond donors (Lipinski definition) is 1. The fourth-order valence-corrected chi connectivity index (χ4v) is 4.43. The molecule has 142 valence electrons. The standard InChI is InChI=1S/C19H25FN2O3S/c1-15-8-10-22(11-9-15)18(19-3-2-12-25-19)13-21-26(23,24)14-16-4-6-17(20)7-5-16/h2-7,12,15,18,21H,8-11,13-14H2,1H3. The van der Waals surface area contributed by atoms with Crippen molar-refractivity contribution in [3.8, 4) is 0 Å². The van der Waals surface area contributed by atoms with E-state index in [1.165, 1.54) is 24.3 Å². The van der Waals surface area contributed by atoms with Crippen LogP contribution in [0.3, 0.4) is 0 Å². The van der Waals surface area contributed by atoms with Gasteiger partial charge in [0, 0.05) is 6.54 Å². The number of rotatable bonds is 7. The van der Waals surface area contributed by atoms with Crippen LogP contribution in [0, 0.1) is 11.7 Å². The molecule has 1 aromatic carbocycles. The summed E-state index contributed by atoms with van der Waals surface area (Å²) in [7, 11) is -3.52. The van der Waals surface area contributed by atoms with E-state index in [9.17, 15) is 12.8 Å². The van der Waals surface area contributed by atoms with E-state index in [-0.39, 0.29) is 24.2 Å². The Labute approximate surface area is 154 Å². The van der Waals surface area contributed by atoms with Crippen LogP contribution in [0.25, 0.3) is 0 Å². The topological polar surface area (TPSA) is 62.6 Å². The molecule has 1 fully saturated rings. The van der Waals surface area contributed by atoms with Crippen molar-refractivity contribution in [1.82, 2.24) is 9.62 Å². The van der Waals surface area contributed by atoms with Crippen molar-refractivity contribution in [2.24, 2.45) is 5.92 Å². The minimum absolute atomic E-state index is 0.125. The molecule has 26 heavy (non-hydrogen) atoms. The summed E-state index contributed by atoms with van der Waals surface area (Å²) in [6.07, 6.45) is 3.81. The molecule has 0 amide bonds. The van der Waals surface area contributed by atoms with E-state index >= 15 is 0 Å². The highest BCUT2D eigenvalue weighted by Crippen LogP contribution is 2.27. The van der Waals surface area contributed by atoms with Gasteiger partial charge in [0.1, 0.15) is 11.6 Å². The number of nitrogens with zero attached hydrogens (tertiary/aromatic N) is 1. The van der Waals surface area contributed by atoms with Crippen molar-refractivity contribution in [2.45, 2.75) is 31.6 Å². The maximum absolute atomic E-state index is 13.0. The van der Waals surface area contributed by atoms with Gasteiger partial charge in [-0.15, -0.1) is 0 Å². The molecule has 0 aliphatic carbocycles. The van der Waals surface area contributed by atoms with Gasteiger partial charge in [-0.3, -0.25) is 4.90 Å². The molecule has 0 spiro atoms. The van der Waals surface area contributed by atoms with Gasteiger partial charge in [0.2, 0.25) is 10.0 Å². The molecule has 0 bridgehead atoms. The summed E-state index contributed by atoms with van der Waals surface area (Å²) < 4.78 is 46.1. The van der Waals surface area contributed by atoms with Crippen molar-refractivity contribution < 1.29 is 17.2 Å². The number of furan rings is 1. The lowest BCUT2D eigenvalue weighted by atomic mass is 9.97. The van der Waals surface area contributed by atoms with Crippen LogP contribution in [-0.4, -0.2) is 33.0 Å². The normalized spacial score (nSPS) is 18.1. The Balaban J connectivity index is 1.66. The summed E-state index contributed by atoms with van der Waals surface area (Å²) >= 11 is 0. The van der Waals surface area contributed by atoms with Gasteiger partial charge in [-0.05, 0) is 61.7 Å². The second-order valence-electron chi connectivity index (χ2n) is 6.98. The Morgan fingerprint density at radius 1 is 1.23 bits per heavy atom. The van der Waals surface area contributed by atoms with E-state index in [4.69, 9.17) is 4.42 Å².